The maximum Gasteiger partial charge on any atom is 0.697 e. The number of aromatic amines is 1. The number of rotatable bonds is 32. The molecule has 3 fully saturated rings. The average Bonchev–Trinajstić information content (AvgIpc) is 1.59. The molecule has 0 spiro atoms. The zero-order valence-corrected chi connectivity index (χ0v) is 58.4. The summed E-state index contributed by atoms with van der Waals surface area (Å²) in [7, 11) is -5.10. The number of amides is 7. The molecular weight excluding hydrogens is 1400 g/mol. The van der Waals surface area contributed by atoms with E-state index in [-0.39, 0.29) is 118 Å². The van der Waals surface area contributed by atoms with Crippen LogP contribution < -0.4 is 26.8 Å². The van der Waals surface area contributed by atoms with Crippen molar-refractivity contribution in [3.05, 3.63) is 119 Å². The molecule has 8 heterocycles. The van der Waals surface area contributed by atoms with Gasteiger partial charge in [-0.2, -0.15) is 0 Å². The highest BCUT2D eigenvalue weighted by atomic mass is 31.1. The Hall–Kier alpha value is -8.78. The van der Waals surface area contributed by atoms with E-state index in [0.29, 0.717) is 56.5 Å². The van der Waals surface area contributed by atoms with Crippen molar-refractivity contribution >= 4 is 91.7 Å². The number of hydrogen-bond acceptors (Lipinski definition) is 27. The van der Waals surface area contributed by atoms with Crippen LogP contribution in [0.15, 0.2) is 90.7 Å². The quantitative estimate of drug-likeness (QED) is 0.0200. The minimum atomic E-state index is -3.68. The molecule has 6 aromatic rings. The molecule has 0 aliphatic carbocycles. The normalized spacial score (nSPS) is 21.7. The first-order valence-corrected chi connectivity index (χ1v) is 35.2. The Labute approximate surface area is 588 Å². The smallest absolute Gasteiger partial charge is 0.445 e. The zero-order valence-electron chi connectivity index (χ0n) is 56.5. The van der Waals surface area contributed by atoms with Crippen LogP contribution in [0, 0.1) is 11.7 Å². The summed E-state index contributed by atoms with van der Waals surface area (Å²) in [5.74, 6) is -4.14. The van der Waals surface area contributed by atoms with Gasteiger partial charge in [-0.05, 0) is 42.2 Å². The maximum atomic E-state index is 15.3. The minimum Gasteiger partial charge on any atom is -0.445 e. The van der Waals surface area contributed by atoms with Crippen LogP contribution in [0.2, 0.25) is 0 Å². The van der Waals surface area contributed by atoms with Crippen LogP contribution in [0.1, 0.15) is 67.7 Å². The average molecular weight is 1480 g/mol. The Balaban J connectivity index is 0.629. The van der Waals surface area contributed by atoms with Crippen LogP contribution in [-0.2, 0) is 108 Å². The third kappa shape index (κ3) is 20.1. The monoisotopic (exact) mass is 1480 g/mol. The topological polar surface area (TPSA) is 434 Å². The fourth-order valence-corrected chi connectivity index (χ4v) is 13.0. The Morgan fingerprint density at radius 2 is 1.50 bits per heavy atom. The van der Waals surface area contributed by atoms with E-state index in [9.17, 15) is 52.6 Å². The predicted molar refractivity (Wildman–Crippen MR) is 357 cm³/mol. The lowest BCUT2D eigenvalue weighted by Crippen LogP contribution is -2.53. The Bertz CT molecular complexity index is 4110. The highest BCUT2D eigenvalue weighted by molar-refractivity contribution is 7.33. The molecule has 0 radical (unpaired) electrons. The number of aliphatic hydroxyl groups is 1. The van der Waals surface area contributed by atoms with Crippen LogP contribution in [0.4, 0.5) is 20.7 Å². The molecule has 36 nitrogen and oxygen atoms in total. The van der Waals surface area contributed by atoms with Crippen LogP contribution >= 0.6 is 16.5 Å². The summed E-state index contributed by atoms with van der Waals surface area (Å²) in [6.45, 7) is 6.41. The van der Waals surface area contributed by atoms with Gasteiger partial charge in [-0.15, -0.1) is 9.05 Å². The molecule has 39 heteroatoms. The number of hydrogen-bond donors (Lipinski definition) is 6. The number of fused-ring (bicyclic) bond motifs is 6. The van der Waals surface area contributed by atoms with Crippen molar-refractivity contribution in [3.63, 3.8) is 0 Å². The molecule has 4 bridgehead atoms. The second-order valence-corrected chi connectivity index (χ2v) is 26.1. The molecule has 0 saturated carbocycles. The van der Waals surface area contributed by atoms with Crippen molar-refractivity contribution in [1.29, 1.82) is 0 Å². The third-order valence-corrected chi connectivity index (χ3v) is 18.5. The molecule has 6 N–H and O–H groups in total. The largest absolute Gasteiger partial charge is 0.697 e. The molecule has 4 aliphatic heterocycles. The summed E-state index contributed by atoms with van der Waals surface area (Å²) in [4.78, 5) is 124. The van der Waals surface area contributed by atoms with Gasteiger partial charge in [-0.25, -0.2) is 29.1 Å². The number of H-pyrrole nitrogens is 1. The number of halogens is 1. The van der Waals surface area contributed by atoms with Crippen LogP contribution in [0.3, 0.4) is 0 Å². The van der Waals surface area contributed by atoms with Crippen molar-refractivity contribution in [2.45, 2.75) is 102 Å². The van der Waals surface area contributed by atoms with Crippen LogP contribution in [-0.4, -0.2) is 226 Å². The van der Waals surface area contributed by atoms with Gasteiger partial charge in [0.05, 0.1) is 105 Å². The summed E-state index contributed by atoms with van der Waals surface area (Å²) < 4.78 is 113. The molecular formula is C64H79FN13O23P2+. The second-order valence-electron chi connectivity index (χ2n) is 24.3. The summed E-state index contributed by atoms with van der Waals surface area (Å²) in [6.07, 6.45) is 0.0817. The number of anilines is 2. The number of nitrogens with zero attached hydrogens (tertiary/aromatic N) is 8. The molecule has 7 amide bonds. The molecule has 4 aromatic heterocycles. The summed E-state index contributed by atoms with van der Waals surface area (Å²) in [6, 6.07) is 11.1. The van der Waals surface area contributed by atoms with Crippen molar-refractivity contribution in [2.24, 2.45) is 5.92 Å². The molecule has 2 aromatic carbocycles. The Morgan fingerprint density at radius 3 is 2.21 bits per heavy atom. The number of carbonyl (C=O) groups excluding carboxylic acids is 7. The number of ether oxygens (including phenoxy) is 8. The van der Waals surface area contributed by atoms with Gasteiger partial charge in [0, 0.05) is 67.0 Å². The fraction of sp³-hybridized carbons (Fsp3) is 0.500. The lowest BCUT2D eigenvalue weighted by atomic mass is 10.0. The summed E-state index contributed by atoms with van der Waals surface area (Å²) in [5, 5.41) is 22.1. The van der Waals surface area contributed by atoms with E-state index >= 15 is 4.39 Å². The molecule has 4 aliphatic rings. The number of nitrogens with one attached hydrogen (secondary N) is 5. The SMILES string of the molecule is CC(C)[C@H](NC(=O)CCOCCOCCOCCOCCOCCN1C(=O)C=CC1=O)C(=O)N[C@@H](C)C(=O)Nc1ccc(COC(=O)N(C)Cc2ccccc2C(=O)Nc2ncnc3c2ncn3[C@H]2C[C@H]3CC(CO2)O[PH](=O)O[C@@]2(n4cc(F)c5c(=O)[nH]cnc54)CO[C@H](CO[P+](=O)O3)[C@H]2O)cc1. The minimum absolute atomic E-state index is 0.0131. The standard InChI is InChI=1S/C64H78FN13O23P2/c1-38(2)53(73-48(79)15-17-90-19-21-92-23-25-94-26-24-93-22-20-91-18-16-76-49(80)13-14-50(76)81)62(86)71-39(3)59(83)72-42-11-9-40(10-12-42)31-96-63(87)75(4)29-41-7-5-6-8-45(41)60(84)74-56-54-58(68-35-66-56)77(37-70-54)51-28-43-27-44(32-95-51)100-103(89)101-64(34-97-47(55(64)82)33-98-102(88)99-43)78-30-46(65)52-57(78)67-36-69-61(52)85/h5-14,30,35-39,43-44,47,51,53,55,82,103H,15-29,31-34H2,1-4H3,(H4-,66,67,68,69,71,72,73,74,79,83,84,85,86)/p+1/t39-,43+,44?,47+,51+,53-,55+,64-/m0/s1. The van der Waals surface area contributed by atoms with Gasteiger partial charge in [0.1, 0.15) is 61.6 Å². The van der Waals surface area contributed by atoms with Gasteiger partial charge in [0.25, 0.3) is 23.3 Å². The van der Waals surface area contributed by atoms with Crippen LogP contribution in [0.25, 0.3) is 22.2 Å². The molecule has 3 unspecified atom stereocenters. The lowest BCUT2D eigenvalue weighted by molar-refractivity contribution is -0.137. The second kappa shape index (κ2) is 36.6. The van der Waals surface area contributed by atoms with E-state index in [1.165, 1.54) is 48.2 Å². The van der Waals surface area contributed by atoms with Gasteiger partial charge in [-0.3, -0.25) is 56.7 Å². The number of aliphatic hydroxyl groups excluding tert-OH is 1. The van der Waals surface area contributed by atoms with Gasteiger partial charge < -0.3 is 78.7 Å². The van der Waals surface area contributed by atoms with E-state index < -0.39 is 125 Å². The predicted octanol–water partition coefficient (Wildman–Crippen LogP) is 3.29. The highest BCUT2D eigenvalue weighted by Gasteiger charge is 2.56. The first kappa shape index (κ1) is 76.8. The number of imidazole rings is 1. The lowest BCUT2D eigenvalue weighted by Gasteiger charge is -2.33. The van der Waals surface area contributed by atoms with E-state index in [2.05, 4.69) is 46.2 Å². The van der Waals surface area contributed by atoms with E-state index in [1.54, 1.807) is 62.4 Å². The summed E-state index contributed by atoms with van der Waals surface area (Å²) >= 11 is 0. The van der Waals surface area contributed by atoms with Crippen molar-refractivity contribution in [1.82, 2.24) is 54.5 Å². The van der Waals surface area contributed by atoms with Gasteiger partial charge in [0.15, 0.2) is 28.4 Å². The van der Waals surface area contributed by atoms with Crippen LogP contribution in [0.5, 0.6) is 0 Å². The maximum absolute atomic E-state index is 15.3. The molecule has 554 valence electrons. The van der Waals surface area contributed by atoms with Gasteiger partial charge >= 0.3 is 22.6 Å². The Kier molecular flexibility index (Phi) is 27.3. The van der Waals surface area contributed by atoms with Crippen molar-refractivity contribution < 1.29 is 108 Å². The van der Waals surface area contributed by atoms with E-state index in [0.717, 1.165) is 22.0 Å². The van der Waals surface area contributed by atoms with Gasteiger partial charge in [0.2, 0.25) is 23.4 Å². The fourth-order valence-electron chi connectivity index (χ4n) is 11.2. The number of imide groups is 1. The molecule has 10 rings (SSSR count). The first-order chi connectivity index (χ1) is 49.7. The first-order valence-electron chi connectivity index (χ1n) is 32.8. The highest BCUT2D eigenvalue weighted by Crippen LogP contribution is 2.47. The zero-order chi connectivity index (χ0) is 73.2. The summed E-state index contributed by atoms with van der Waals surface area (Å²) in [5.41, 5.74) is -1.30. The van der Waals surface area contributed by atoms with E-state index in [1.807, 2.05) is 0 Å². The third-order valence-electron chi connectivity index (χ3n) is 16.6. The Morgan fingerprint density at radius 1 is 0.816 bits per heavy atom. The number of benzene rings is 2. The number of carbonyl (C=O) groups is 7. The molecule has 10 atom stereocenters. The molecule has 103 heavy (non-hydrogen) atoms. The number of aromatic nitrogens is 7. The molecule has 3 saturated heterocycles. The van der Waals surface area contributed by atoms with Crippen molar-refractivity contribution in [2.75, 3.05) is 110 Å². The van der Waals surface area contributed by atoms with Gasteiger partial charge in [-0.1, -0.05) is 44.2 Å². The van der Waals surface area contributed by atoms with Crippen molar-refractivity contribution in [3.8, 4) is 0 Å². The van der Waals surface area contributed by atoms with E-state index in [4.69, 9.17) is 56.0 Å².